The third kappa shape index (κ3) is 5.01. The summed E-state index contributed by atoms with van der Waals surface area (Å²) >= 11 is 0. The lowest BCUT2D eigenvalue weighted by atomic mass is 10.0. The fourth-order valence-corrected chi connectivity index (χ4v) is 3.14. The van der Waals surface area contributed by atoms with E-state index in [4.69, 9.17) is 4.74 Å². The normalized spacial score (nSPS) is 21.0. The van der Waals surface area contributed by atoms with Crippen molar-refractivity contribution < 1.29 is 4.74 Å². The van der Waals surface area contributed by atoms with E-state index in [1.54, 1.807) is 7.11 Å². The quantitative estimate of drug-likeness (QED) is 0.871. The molecule has 1 saturated heterocycles. The van der Waals surface area contributed by atoms with Gasteiger partial charge in [-0.25, -0.2) is 0 Å². The number of ether oxygens (including phenoxy) is 1. The monoisotopic (exact) mass is 290 g/mol. The Balaban J connectivity index is 1.80. The average molecular weight is 290 g/mol. The van der Waals surface area contributed by atoms with E-state index in [2.05, 4.69) is 48.5 Å². The number of hydrogen-bond acceptors (Lipinski definition) is 3. The third-order valence-electron chi connectivity index (χ3n) is 4.83. The van der Waals surface area contributed by atoms with Gasteiger partial charge in [0.15, 0.2) is 0 Å². The van der Waals surface area contributed by atoms with Crippen LogP contribution in [0, 0.1) is 0 Å². The number of nitrogens with zero attached hydrogens (tertiary/aromatic N) is 1. The summed E-state index contributed by atoms with van der Waals surface area (Å²) in [4.78, 5) is 2.59. The molecule has 0 bridgehead atoms. The van der Waals surface area contributed by atoms with E-state index in [9.17, 15) is 0 Å². The van der Waals surface area contributed by atoms with Gasteiger partial charge < -0.3 is 15.0 Å². The summed E-state index contributed by atoms with van der Waals surface area (Å²) in [6.07, 6.45) is 6.27. The van der Waals surface area contributed by atoms with Gasteiger partial charge in [0.2, 0.25) is 0 Å². The number of benzene rings is 1. The second-order valence-electron chi connectivity index (χ2n) is 6.24. The fourth-order valence-electron chi connectivity index (χ4n) is 3.14. The highest BCUT2D eigenvalue weighted by molar-refractivity contribution is 5.27. The molecule has 1 aromatic rings. The Labute approximate surface area is 129 Å². The number of nitrogens with one attached hydrogen (secondary N) is 1. The van der Waals surface area contributed by atoms with Crippen LogP contribution in [0.25, 0.3) is 0 Å². The number of rotatable bonds is 6. The van der Waals surface area contributed by atoms with E-state index in [1.807, 2.05) is 0 Å². The van der Waals surface area contributed by atoms with Crippen LogP contribution in [0.3, 0.4) is 0 Å². The van der Waals surface area contributed by atoms with E-state index in [1.165, 1.54) is 44.3 Å². The van der Waals surface area contributed by atoms with Crippen molar-refractivity contribution in [2.45, 2.75) is 51.1 Å². The van der Waals surface area contributed by atoms with Crippen molar-refractivity contribution in [3.63, 3.8) is 0 Å². The Morgan fingerprint density at radius 3 is 2.71 bits per heavy atom. The van der Waals surface area contributed by atoms with Crippen LogP contribution in [0.2, 0.25) is 0 Å². The van der Waals surface area contributed by atoms with Gasteiger partial charge in [0.1, 0.15) is 5.75 Å². The largest absolute Gasteiger partial charge is 0.497 e. The minimum Gasteiger partial charge on any atom is -0.497 e. The first-order valence-corrected chi connectivity index (χ1v) is 8.26. The smallest absolute Gasteiger partial charge is 0.118 e. The Hall–Kier alpha value is -1.06. The fraction of sp³-hybridized carbons (Fsp3) is 0.667. The van der Waals surface area contributed by atoms with E-state index >= 15 is 0 Å². The van der Waals surface area contributed by atoms with Crippen molar-refractivity contribution in [3.05, 3.63) is 29.8 Å². The van der Waals surface area contributed by atoms with Crippen molar-refractivity contribution in [1.82, 2.24) is 10.2 Å². The van der Waals surface area contributed by atoms with Crippen molar-refractivity contribution in [2.24, 2.45) is 0 Å². The van der Waals surface area contributed by atoms with Crippen LogP contribution in [0.5, 0.6) is 5.75 Å². The molecule has 21 heavy (non-hydrogen) atoms. The summed E-state index contributed by atoms with van der Waals surface area (Å²) < 4.78 is 5.21. The van der Waals surface area contributed by atoms with Gasteiger partial charge in [-0.3, -0.25) is 0 Å². The maximum absolute atomic E-state index is 5.21. The summed E-state index contributed by atoms with van der Waals surface area (Å²) in [5, 5.41) is 3.50. The molecule has 0 spiro atoms. The van der Waals surface area contributed by atoms with Crippen molar-refractivity contribution >= 4 is 0 Å². The van der Waals surface area contributed by atoms with Crippen LogP contribution in [0.15, 0.2) is 24.3 Å². The molecule has 1 fully saturated rings. The lowest BCUT2D eigenvalue weighted by Gasteiger charge is -2.32. The molecule has 2 unspecified atom stereocenters. The van der Waals surface area contributed by atoms with Gasteiger partial charge >= 0.3 is 0 Å². The predicted octanol–water partition coefficient (Wildman–Crippen LogP) is 3.09. The molecule has 0 aliphatic carbocycles. The molecule has 1 aliphatic heterocycles. The van der Waals surface area contributed by atoms with Crippen LogP contribution < -0.4 is 10.1 Å². The molecule has 0 aromatic heterocycles. The lowest BCUT2D eigenvalue weighted by molar-refractivity contribution is 0.163. The van der Waals surface area contributed by atoms with Crippen molar-refractivity contribution in [2.75, 3.05) is 27.2 Å². The first-order chi connectivity index (χ1) is 10.2. The maximum atomic E-state index is 5.21. The summed E-state index contributed by atoms with van der Waals surface area (Å²) in [6.45, 7) is 4.71. The van der Waals surface area contributed by atoms with Crippen molar-refractivity contribution in [3.8, 4) is 5.75 Å². The van der Waals surface area contributed by atoms with Crippen molar-refractivity contribution in [1.29, 1.82) is 0 Å². The van der Waals surface area contributed by atoms with Gasteiger partial charge in [-0.15, -0.1) is 0 Å². The molecule has 118 valence electrons. The summed E-state index contributed by atoms with van der Waals surface area (Å²) in [5.74, 6) is 0.940. The molecule has 3 nitrogen and oxygen atoms in total. The molecule has 0 saturated carbocycles. The summed E-state index contributed by atoms with van der Waals surface area (Å²) in [5.41, 5.74) is 1.40. The van der Waals surface area contributed by atoms with Crippen LogP contribution in [-0.4, -0.2) is 44.2 Å². The Bertz CT molecular complexity index is 396. The zero-order valence-corrected chi connectivity index (χ0v) is 13.8. The molecular formula is C18H30N2O. The molecule has 0 amide bonds. The first kappa shape index (κ1) is 16.3. The first-order valence-electron chi connectivity index (χ1n) is 8.26. The van der Waals surface area contributed by atoms with E-state index in [-0.39, 0.29) is 0 Å². The summed E-state index contributed by atoms with van der Waals surface area (Å²) in [6, 6.07) is 9.85. The molecular weight excluding hydrogens is 260 g/mol. The van der Waals surface area contributed by atoms with Crippen LogP contribution in [0.1, 0.15) is 38.2 Å². The minimum atomic E-state index is 0.634. The average Bonchev–Trinajstić information content (AvgIpc) is 2.81. The molecule has 1 N–H and O–H groups in total. The Kier molecular flexibility index (Phi) is 6.52. The van der Waals surface area contributed by atoms with Crippen LogP contribution >= 0.6 is 0 Å². The zero-order chi connectivity index (χ0) is 15.1. The molecule has 1 aliphatic rings. The highest BCUT2D eigenvalue weighted by Crippen LogP contribution is 2.18. The lowest BCUT2D eigenvalue weighted by Crippen LogP contribution is -2.39. The molecule has 2 rings (SSSR count). The van der Waals surface area contributed by atoms with Crippen LogP contribution in [0.4, 0.5) is 0 Å². The second-order valence-corrected chi connectivity index (χ2v) is 6.24. The SMILES string of the molecule is COc1ccc(CCC(C)N(C)C2CCCNCC2)cc1. The summed E-state index contributed by atoms with van der Waals surface area (Å²) in [7, 11) is 4.02. The van der Waals surface area contributed by atoms with E-state index in [0.29, 0.717) is 6.04 Å². The van der Waals surface area contributed by atoms with Gasteiger partial charge in [0.05, 0.1) is 7.11 Å². The molecule has 3 heteroatoms. The number of methoxy groups -OCH3 is 1. The maximum Gasteiger partial charge on any atom is 0.118 e. The number of hydrogen-bond donors (Lipinski definition) is 1. The predicted molar refractivity (Wildman–Crippen MR) is 89.0 cm³/mol. The van der Waals surface area contributed by atoms with Gasteiger partial charge in [0, 0.05) is 12.1 Å². The van der Waals surface area contributed by atoms with Crippen LogP contribution in [-0.2, 0) is 6.42 Å². The highest BCUT2D eigenvalue weighted by Gasteiger charge is 2.20. The topological polar surface area (TPSA) is 24.5 Å². The molecule has 2 atom stereocenters. The molecule has 1 aromatic carbocycles. The standard InChI is InChI=1S/C18H30N2O/c1-15(20(2)17-5-4-13-19-14-12-17)6-7-16-8-10-18(21-3)11-9-16/h8-11,15,17,19H,4-7,12-14H2,1-3H3. The van der Waals surface area contributed by atoms with Gasteiger partial charge in [-0.1, -0.05) is 12.1 Å². The van der Waals surface area contributed by atoms with Gasteiger partial charge in [0.25, 0.3) is 0 Å². The van der Waals surface area contributed by atoms with Gasteiger partial charge in [-0.2, -0.15) is 0 Å². The highest BCUT2D eigenvalue weighted by atomic mass is 16.5. The Morgan fingerprint density at radius 2 is 2.00 bits per heavy atom. The Morgan fingerprint density at radius 1 is 1.24 bits per heavy atom. The van der Waals surface area contributed by atoms with E-state index in [0.717, 1.165) is 18.2 Å². The van der Waals surface area contributed by atoms with Gasteiger partial charge in [-0.05, 0) is 76.9 Å². The molecule has 1 heterocycles. The van der Waals surface area contributed by atoms with E-state index < -0.39 is 0 Å². The minimum absolute atomic E-state index is 0.634. The zero-order valence-electron chi connectivity index (χ0n) is 13.8. The molecule has 0 radical (unpaired) electrons. The third-order valence-corrected chi connectivity index (χ3v) is 4.83. The second kappa shape index (κ2) is 8.40. The number of aryl methyl sites for hydroxylation is 1.